The highest BCUT2D eigenvalue weighted by atomic mass is 35.5. The molecule has 94 valence electrons. The minimum atomic E-state index is 0.335. The van der Waals surface area contributed by atoms with Gasteiger partial charge in [-0.05, 0) is 17.5 Å². The van der Waals surface area contributed by atoms with Gasteiger partial charge in [-0.1, -0.05) is 55.8 Å². The van der Waals surface area contributed by atoms with Crippen molar-refractivity contribution < 1.29 is 4.74 Å². The van der Waals surface area contributed by atoms with Crippen LogP contribution in [0.3, 0.4) is 0 Å². The van der Waals surface area contributed by atoms with Gasteiger partial charge >= 0.3 is 0 Å². The molecule has 1 aromatic carbocycles. The predicted molar refractivity (Wildman–Crippen MR) is 74.1 cm³/mol. The van der Waals surface area contributed by atoms with Crippen LogP contribution >= 0.6 is 11.6 Å². The molecular weight excluding hydrogens is 246 g/mol. The number of ether oxygens (including phenoxy) is 1. The zero-order chi connectivity index (χ0) is 13.0. The Kier molecular flexibility index (Phi) is 4.21. The third-order valence-electron chi connectivity index (χ3n) is 2.69. The molecule has 1 heterocycles. The minimum absolute atomic E-state index is 0.335. The number of rotatable bonds is 4. The van der Waals surface area contributed by atoms with E-state index in [1.54, 1.807) is 6.20 Å². The molecule has 0 aliphatic carbocycles. The van der Waals surface area contributed by atoms with Gasteiger partial charge in [0, 0.05) is 11.8 Å². The van der Waals surface area contributed by atoms with E-state index in [4.69, 9.17) is 16.3 Å². The molecule has 0 amide bonds. The van der Waals surface area contributed by atoms with Gasteiger partial charge in [0.05, 0.1) is 5.02 Å². The molecule has 0 saturated carbocycles. The Bertz CT molecular complexity index is 511. The van der Waals surface area contributed by atoms with Gasteiger partial charge in [0.15, 0.2) is 0 Å². The fourth-order valence-electron chi connectivity index (χ4n) is 1.70. The molecule has 2 rings (SSSR count). The molecule has 0 N–H and O–H groups in total. The lowest BCUT2D eigenvalue weighted by atomic mass is 10.1. The third-order valence-corrected chi connectivity index (χ3v) is 2.89. The summed E-state index contributed by atoms with van der Waals surface area (Å²) in [6, 6.07) is 12.0. The number of hydrogen-bond acceptors (Lipinski definition) is 2. The van der Waals surface area contributed by atoms with Crippen LogP contribution in [0, 0.1) is 0 Å². The first-order valence-corrected chi connectivity index (χ1v) is 6.37. The lowest BCUT2D eigenvalue weighted by Crippen LogP contribution is -2.01. The van der Waals surface area contributed by atoms with Crippen molar-refractivity contribution in [2.75, 3.05) is 0 Å². The molecule has 2 nitrogen and oxygen atoms in total. The van der Waals surface area contributed by atoms with Crippen molar-refractivity contribution >= 4 is 11.6 Å². The molecule has 0 bridgehead atoms. The van der Waals surface area contributed by atoms with Crippen LogP contribution in [-0.4, -0.2) is 4.98 Å². The van der Waals surface area contributed by atoms with Gasteiger partial charge < -0.3 is 4.74 Å². The average Bonchev–Trinajstić information content (AvgIpc) is 2.38. The summed E-state index contributed by atoms with van der Waals surface area (Å²) in [4.78, 5) is 4.26. The van der Waals surface area contributed by atoms with Gasteiger partial charge in [-0.25, -0.2) is 4.98 Å². The number of hydrogen-bond donors (Lipinski definition) is 0. The van der Waals surface area contributed by atoms with E-state index in [1.807, 2.05) is 36.4 Å². The molecule has 1 aromatic heterocycles. The summed E-state index contributed by atoms with van der Waals surface area (Å²) in [7, 11) is 0. The predicted octanol–water partition coefficient (Wildman–Crippen LogP) is 4.44. The normalized spacial score (nSPS) is 10.7. The Morgan fingerprint density at radius 2 is 1.94 bits per heavy atom. The van der Waals surface area contributed by atoms with Gasteiger partial charge in [0.1, 0.15) is 6.61 Å². The smallest absolute Gasteiger partial charge is 0.217 e. The van der Waals surface area contributed by atoms with Crippen LogP contribution in [0.5, 0.6) is 5.88 Å². The molecule has 0 aliphatic heterocycles. The van der Waals surface area contributed by atoms with E-state index < -0.39 is 0 Å². The van der Waals surface area contributed by atoms with Crippen LogP contribution in [0.1, 0.15) is 30.9 Å². The van der Waals surface area contributed by atoms with Crippen molar-refractivity contribution in [2.24, 2.45) is 0 Å². The summed E-state index contributed by atoms with van der Waals surface area (Å²) < 4.78 is 5.77. The van der Waals surface area contributed by atoms with Crippen LogP contribution < -0.4 is 4.74 Å². The van der Waals surface area contributed by atoms with E-state index in [-0.39, 0.29) is 0 Å². The SMILES string of the molecule is CC(C)c1cc(Cl)cnc1OCc1ccccc1. The minimum Gasteiger partial charge on any atom is -0.473 e. The quantitative estimate of drug-likeness (QED) is 0.812. The molecule has 2 aromatic rings. The van der Waals surface area contributed by atoms with Crippen molar-refractivity contribution in [3.05, 3.63) is 58.7 Å². The van der Waals surface area contributed by atoms with Crippen molar-refractivity contribution in [1.82, 2.24) is 4.98 Å². The number of pyridine rings is 1. The Morgan fingerprint density at radius 3 is 2.61 bits per heavy atom. The van der Waals surface area contributed by atoms with Crippen LogP contribution in [0.4, 0.5) is 0 Å². The monoisotopic (exact) mass is 261 g/mol. The molecule has 0 atom stereocenters. The van der Waals surface area contributed by atoms with E-state index >= 15 is 0 Å². The largest absolute Gasteiger partial charge is 0.473 e. The lowest BCUT2D eigenvalue weighted by molar-refractivity contribution is 0.289. The second kappa shape index (κ2) is 5.87. The van der Waals surface area contributed by atoms with Crippen molar-refractivity contribution in [3.63, 3.8) is 0 Å². The van der Waals surface area contributed by atoms with Crippen LogP contribution in [0.2, 0.25) is 5.02 Å². The standard InChI is InChI=1S/C15H16ClNO/c1-11(2)14-8-13(16)9-17-15(14)18-10-12-6-4-3-5-7-12/h3-9,11H,10H2,1-2H3. The molecule has 18 heavy (non-hydrogen) atoms. The first-order chi connectivity index (χ1) is 8.66. The van der Waals surface area contributed by atoms with E-state index in [1.165, 1.54) is 0 Å². The summed E-state index contributed by atoms with van der Waals surface area (Å²) in [6.45, 7) is 4.72. The van der Waals surface area contributed by atoms with Gasteiger partial charge in [-0.2, -0.15) is 0 Å². The maximum Gasteiger partial charge on any atom is 0.217 e. The second-order valence-electron chi connectivity index (χ2n) is 4.48. The van der Waals surface area contributed by atoms with Gasteiger partial charge in [0.2, 0.25) is 5.88 Å². The van der Waals surface area contributed by atoms with Gasteiger partial charge in [-0.3, -0.25) is 0 Å². The highest BCUT2D eigenvalue weighted by molar-refractivity contribution is 6.30. The molecule has 3 heteroatoms. The van der Waals surface area contributed by atoms with E-state index in [0.717, 1.165) is 11.1 Å². The molecule has 0 aliphatic rings. The summed E-state index contributed by atoms with van der Waals surface area (Å²) in [5.74, 6) is 1.00. The number of aromatic nitrogens is 1. The lowest BCUT2D eigenvalue weighted by Gasteiger charge is -2.13. The van der Waals surface area contributed by atoms with Crippen LogP contribution in [-0.2, 0) is 6.61 Å². The molecule has 0 fully saturated rings. The maximum absolute atomic E-state index is 5.96. The first kappa shape index (κ1) is 12.9. The van der Waals surface area contributed by atoms with Crippen molar-refractivity contribution in [2.45, 2.75) is 26.4 Å². The topological polar surface area (TPSA) is 22.1 Å². The zero-order valence-electron chi connectivity index (χ0n) is 10.6. The fraction of sp³-hybridized carbons (Fsp3) is 0.267. The van der Waals surface area contributed by atoms with E-state index in [9.17, 15) is 0 Å². The second-order valence-corrected chi connectivity index (χ2v) is 4.91. The third kappa shape index (κ3) is 3.23. The van der Waals surface area contributed by atoms with Crippen molar-refractivity contribution in [1.29, 1.82) is 0 Å². The van der Waals surface area contributed by atoms with Crippen LogP contribution in [0.25, 0.3) is 0 Å². The summed E-state index contributed by atoms with van der Waals surface area (Å²) in [5, 5.41) is 0.644. The first-order valence-electron chi connectivity index (χ1n) is 5.99. The summed E-state index contributed by atoms with van der Waals surface area (Å²) >= 11 is 5.96. The summed E-state index contributed by atoms with van der Waals surface area (Å²) in [6.07, 6.45) is 1.62. The molecular formula is C15H16ClNO. The highest BCUT2D eigenvalue weighted by Gasteiger charge is 2.10. The highest BCUT2D eigenvalue weighted by Crippen LogP contribution is 2.27. The molecule has 0 radical (unpaired) electrons. The average molecular weight is 262 g/mol. The van der Waals surface area contributed by atoms with Crippen LogP contribution in [0.15, 0.2) is 42.6 Å². The fourth-order valence-corrected chi connectivity index (χ4v) is 1.87. The van der Waals surface area contributed by atoms with Gasteiger partial charge in [0.25, 0.3) is 0 Å². The zero-order valence-corrected chi connectivity index (χ0v) is 11.3. The Hall–Kier alpha value is -1.54. The molecule has 0 unspecified atom stereocenters. The summed E-state index contributed by atoms with van der Waals surface area (Å²) in [5.41, 5.74) is 2.17. The number of nitrogens with zero attached hydrogens (tertiary/aromatic N) is 1. The molecule has 0 spiro atoms. The van der Waals surface area contributed by atoms with Crippen molar-refractivity contribution in [3.8, 4) is 5.88 Å². The maximum atomic E-state index is 5.96. The number of benzene rings is 1. The Balaban J connectivity index is 2.14. The Morgan fingerprint density at radius 1 is 1.22 bits per heavy atom. The van der Waals surface area contributed by atoms with Gasteiger partial charge in [-0.15, -0.1) is 0 Å². The van der Waals surface area contributed by atoms with E-state index in [2.05, 4.69) is 18.8 Å². The van der Waals surface area contributed by atoms with E-state index in [0.29, 0.717) is 23.4 Å². The number of halogens is 1. The molecule has 0 saturated heterocycles. The Labute approximate surface area is 113 Å².